The summed E-state index contributed by atoms with van der Waals surface area (Å²) >= 11 is 11.2. The number of anilines is 1. The molecule has 5 heteroatoms. The number of fused-ring (bicyclic) bond motifs is 3. The zero-order valence-corrected chi connectivity index (χ0v) is 12.3. The Labute approximate surface area is 124 Å². The van der Waals surface area contributed by atoms with E-state index in [0.717, 1.165) is 23.7 Å². The summed E-state index contributed by atoms with van der Waals surface area (Å²) < 4.78 is 0. The van der Waals surface area contributed by atoms with Crippen molar-refractivity contribution >= 4 is 34.5 Å². The Bertz CT molecular complexity index is 497. The first kappa shape index (κ1) is 13.2. The van der Waals surface area contributed by atoms with Crippen molar-refractivity contribution in [3.05, 3.63) is 28.8 Å². The van der Waals surface area contributed by atoms with E-state index in [0.29, 0.717) is 16.1 Å². The molecule has 3 aliphatic rings. The quantitative estimate of drug-likeness (QED) is 0.841. The van der Waals surface area contributed by atoms with E-state index < -0.39 is 0 Å². The average Bonchev–Trinajstić information content (AvgIpc) is 2.40. The minimum Gasteiger partial charge on any atom is -0.389 e. The molecule has 0 saturated carbocycles. The lowest BCUT2D eigenvalue weighted by molar-refractivity contribution is 0.0975. The Hall–Kier alpha value is -0.840. The van der Waals surface area contributed by atoms with Crippen LogP contribution in [0.3, 0.4) is 0 Å². The number of piperidine rings is 3. The van der Waals surface area contributed by atoms with Crippen LogP contribution >= 0.6 is 23.8 Å². The van der Waals surface area contributed by atoms with Crippen LogP contribution in [0.25, 0.3) is 0 Å². The number of rotatable bonds is 3. The molecule has 0 aliphatic carbocycles. The third-order valence-electron chi connectivity index (χ3n) is 4.24. The zero-order valence-electron chi connectivity index (χ0n) is 10.7. The minimum absolute atomic E-state index is 0.417. The first-order valence-electron chi connectivity index (χ1n) is 6.72. The SMILES string of the molecule is NC(=S)c1ccc(Cl)cc1NC1CN2CCC1CC2. The molecule has 1 aromatic carbocycles. The first-order valence-corrected chi connectivity index (χ1v) is 7.50. The Morgan fingerprint density at radius 2 is 2.11 bits per heavy atom. The van der Waals surface area contributed by atoms with Gasteiger partial charge < -0.3 is 16.0 Å². The van der Waals surface area contributed by atoms with E-state index in [1.807, 2.05) is 18.2 Å². The van der Waals surface area contributed by atoms with Crippen LogP contribution in [0, 0.1) is 5.92 Å². The second-order valence-electron chi connectivity index (χ2n) is 5.44. The van der Waals surface area contributed by atoms with Crippen LogP contribution in [0.4, 0.5) is 5.69 Å². The van der Waals surface area contributed by atoms with E-state index in [4.69, 9.17) is 29.6 Å². The molecule has 0 amide bonds. The van der Waals surface area contributed by atoms with Gasteiger partial charge in [0.1, 0.15) is 4.99 Å². The monoisotopic (exact) mass is 295 g/mol. The topological polar surface area (TPSA) is 41.3 Å². The molecule has 3 N–H and O–H groups in total. The molecule has 0 radical (unpaired) electrons. The highest BCUT2D eigenvalue weighted by Gasteiger charge is 2.34. The van der Waals surface area contributed by atoms with E-state index in [1.165, 1.54) is 25.9 Å². The molecule has 0 aromatic heterocycles. The molecule has 19 heavy (non-hydrogen) atoms. The van der Waals surface area contributed by atoms with Crippen molar-refractivity contribution in [3.8, 4) is 0 Å². The summed E-state index contributed by atoms with van der Waals surface area (Å²) in [4.78, 5) is 2.93. The van der Waals surface area contributed by atoms with Crippen molar-refractivity contribution < 1.29 is 0 Å². The van der Waals surface area contributed by atoms with Crippen LogP contribution in [-0.4, -0.2) is 35.6 Å². The molecular formula is C14H18ClN3S. The molecule has 1 atom stereocenters. The summed E-state index contributed by atoms with van der Waals surface area (Å²) in [5, 5.41) is 4.32. The second-order valence-corrected chi connectivity index (χ2v) is 6.32. The molecule has 3 aliphatic heterocycles. The predicted octanol–water partition coefficient (Wildman–Crippen LogP) is 2.48. The summed E-state index contributed by atoms with van der Waals surface area (Å²) in [7, 11) is 0. The van der Waals surface area contributed by atoms with Gasteiger partial charge >= 0.3 is 0 Å². The molecule has 0 spiro atoms. The highest BCUT2D eigenvalue weighted by molar-refractivity contribution is 7.80. The summed E-state index contributed by atoms with van der Waals surface area (Å²) in [6, 6.07) is 6.13. The second kappa shape index (κ2) is 5.27. The number of hydrogen-bond donors (Lipinski definition) is 2. The molecular weight excluding hydrogens is 278 g/mol. The number of thiocarbonyl (C=S) groups is 1. The molecule has 3 nitrogen and oxygen atoms in total. The summed E-state index contributed by atoms with van der Waals surface area (Å²) in [6.45, 7) is 3.58. The number of halogens is 1. The van der Waals surface area contributed by atoms with Crippen LogP contribution in [0.2, 0.25) is 5.02 Å². The lowest BCUT2D eigenvalue weighted by Gasteiger charge is -2.45. The Kier molecular flexibility index (Phi) is 3.65. The van der Waals surface area contributed by atoms with Crippen LogP contribution in [-0.2, 0) is 0 Å². The normalized spacial score (nSPS) is 29.2. The van der Waals surface area contributed by atoms with E-state index in [-0.39, 0.29) is 0 Å². The van der Waals surface area contributed by atoms with Crippen LogP contribution in [0.1, 0.15) is 18.4 Å². The number of nitrogens with two attached hydrogens (primary N) is 1. The largest absolute Gasteiger partial charge is 0.389 e. The van der Waals surface area contributed by atoms with Crippen molar-refractivity contribution in [1.82, 2.24) is 4.90 Å². The molecule has 1 aromatic rings. The molecule has 3 heterocycles. The zero-order chi connectivity index (χ0) is 13.4. The fourth-order valence-corrected chi connectivity index (χ4v) is 3.53. The van der Waals surface area contributed by atoms with Gasteiger partial charge in [-0.1, -0.05) is 23.8 Å². The molecule has 3 saturated heterocycles. The van der Waals surface area contributed by atoms with Gasteiger partial charge in [0, 0.05) is 28.9 Å². The maximum absolute atomic E-state index is 6.08. The molecule has 1 unspecified atom stereocenters. The van der Waals surface area contributed by atoms with Crippen molar-refractivity contribution in [3.63, 3.8) is 0 Å². The lowest BCUT2D eigenvalue weighted by Crippen LogP contribution is -2.53. The predicted molar refractivity (Wildman–Crippen MR) is 83.9 cm³/mol. The molecule has 3 fully saturated rings. The highest BCUT2D eigenvalue weighted by Crippen LogP contribution is 2.31. The summed E-state index contributed by atoms with van der Waals surface area (Å²) in [6.07, 6.45) is 2.56. The van der Waals surface area contributed by atoms with Gasteiger partial charge in [-0.05, 0) is 50.0 Å². The van der Waals surface area contributed by atoms with E-state index in [1.54, 1.807) is 0 Å². The fraction of sp³-hybridized carbons (Fsp3) is 0.500. The van der Waals surface area contributed by atoms with E-state index in [2.05, 4.69) is 10.2 Å². The van der Waals surface area contributed by atoms with Gasteiger partial charge in [-0.25, -0.2) is 0 Å². The maximum atomic E-state index is 6.08. The van der Waals surface area contributed by atoms with Gasteiger partial charge in [-0.3, -0.25) is 0 Å². The van der Waals surface area contributed by atoms with Crippen LogP contribution in [0.15, 0.2) is 18.2 Å². The lowest BCUT2D eigenvalue weighted by atomic mass is 9.84. The molecule has 2 bridgehead atoms. The van der Waals surface area contributed by atoms with Gasteiger partial charge in [-0.2, -0.15) is 0 Å². The third-order valence-corrected chi connectivity index (χ3v) is 4.70. The van der Waals surface area contributed by atoms with Crippen molar-refractivity contribution in [2.45, 2.75) is 18.9 Å². The van der Waals surface area contributed by atoms with Crippen LogP contribution in [0.5, 0.6) is 0 Å². The minimum atomic E-state index is 0.417. The van der Waals surface area contributed by atoms with Gasteiger partial charge in [0.25, 0.3) is 0 Å². The van der Waals surface area contributed by atoms with Crippen molar-refractivity contribution in [2.75, 3.05) is 25.0 Å². The summed E-state index contributed by atoms with van der Waals surface area (Å²) in [5.41, 5.74) is 7.64. The van der Waals surface area contributed by atoms with Crippen molar-refractivity contribution in [1.29, 1.82) is 0 Å². The smallest absolute Gasteiger partial charge is 0.106 e. The van der Waals surface area contributed by atoms with Gasteiger partial charge in [0.05, 0.1) is 0 Å². The average molecular weight is 296 g/mol. The third kappa shape index (κ3) is 2.71. The summed E-state index contributed by atoms with van der Waals surface area (Å²) in [5.74, 6) is 0.753. The van der Waals surface area contributed by atoms with Crippen molar-refractivity contribution in [2.24, 2.45) is 11.7 Å². The van der Waals surface area contributed by atoms with Gasteiger partial charge in [0.15, 0.2) is 0 Å². The Balaban J connectivity index is 1.83. The number of benzene rings is 1. The molecule has 102 valence electrons. The molecule has 4 rings (SSSR count). The highest BCUT2D eigenvalue weighted by atomic mass is 35.5. The Morgan fingerprint density at radius 1 is 1.37 bits per heavy atom. The van der Waals surface area contributed by atoms with E-state index in [9.17, 15) is 0 Å². The van der Waals surface area contributed by atoms with Gasteiger partial charge in [-0.15, -0.1) is 0 Å². The number of nitrogens with one attached hydrogen (secondary N) is 1. The first-order chi connectivity index (χ1) is 9.13. The fourth-order valence-electron chi connectivity index (χ4n) is 3.18. The number of hydrogen-bond acceptors (Lipinski definition) is 3. The standard InChI is InChI=1S/C14H18ClN3S/c15-10-1-2-11(14(16)19)12(7-10)17-13-8-18-5-3-9(13)4-6-18/h1-2,7,9,13,17H,3-6,8H2,(H2,16,19). The van der Waals surface area contributed by atoms with Crippen LogP contribution < -0.4 is 11.1 Å². The maximum Gasteiger partial charge on any atom is 0.106 e. The van der Waals surface area contributed by atoms with Gasteiger partial charge in [0.2, 0.25) is 0 Å². The Morgan fingerprint density at radius 3 is 2.68 bits per heavy atom. The van der Waals surface area contributed by atoms with E-state index >= 15 is 0 Å². The number of nitrogens with zero attached hydrogens (tertiary/aromatic N) is 1.